The lowest BCUT2D eigenvalue weighted by atomic mass is 10.1. The molecule has 0 bridgehead atoms. The Bertz CT molecular complexity index is 669. The largest absolute Gasteiger partial charge is 0.492 e. The van der Waals surface area contributed by atoms with E-state index in [4.69, 9.17) is 9.57 Å². The van der Waals surface area contributed by atoms with Crippen LogP contribution < -0.4 is 10.1 Å². The fourth-order valence-corrected chi connectivity index (χ4v) is 1.96. The molecule has 0 saturated carbocycles. The maximum absolute atomic E-state index is 11.9. The van der Waals surface area contributed by atoms with Gasteiger partial charge in [0.25, 0.3) is 5.91 Å². The molecule has 1 amide bonds. The molecule has 0 aliphatic rings. The van der Waals surface area contributed by atoms with Crippen LogP contribution in [0.3, 0.4) is 0 Å². The molecule has 120 valence electrons. The number of anilines is 1. The molecule has 0 atom stereocenters. The van der Waals surface area contributed by atoms with E-state index in [1.54, 1.807) is 12.1 Å². The second-order valence-corrected chi connectivity index (χ2v) is 4.79. The van der Waals surface area contributed by atoms with Crippen LogP contribution in [0.4, 0.5) is 5.69 Å². The van der Waals surface area contributed by atoms with Gasteiger partial charge in [0.05, 0.1) is 18.0 Å². The van der Waals surface area contributed by atoms with Crippen molar-refractivity contribution in [2.45, 2.75) is 13.8 Å². The number of nitrogens with zero attached hydrogens (tertiary/aromatic N) is 1. The van der Waals surface area contributed by atoms with E-state index in [1.807, 2.05) is 56.3 Å². The minimum atomic E-state index is -0.290. The van der Waals surface area contributed by atoms with Crippen LogP contribution in [0.15, 0.2) is 59.8 Å². The van der Waals surface area contributed by atoms with E-state index in [1.165, 1.54) is 0 Å². The van der Waals surface area contributed by atoms with E-state index >= 15 is 0 Å². The van der Waals surface area contributed by atoms with Crippen molar-refractivity contribution in [3.63, 3.8) is 0 Å². The Morgan fingerprint density at radius 2 is 1.78 bits per heavy atom. The van der Waals surface area contributed by atoms with Gasteiger partial charge in [-0.1, -0.05) is 47.6 Å². The van der Waals surface area contributed by atoms with Gasteiger partial charge in [0, 0.05) is 0 Å². The zero-order chi connectivity index (χ0) is 16.5. The average molecular weight is 312 g/mol. The SMILES string of the molecule is CCOc1ccccc1NC(=O)CON=C(C)c1ccccc1. The van der Waals surface area contributed by atoms with Crippen LogP contribution in [0, 0.1) is 0 Å². The Morgan fingerprint density at radius 3 is 2.52 bits per heavy atom. The normalized spacial score (nSPS) is 11.0. The van der Waals surface area contributed by atoms with Crippen molar-refractivity contribution < 1.29 is 14.4 Å². The van der Waals surface area contributed by atoms with Crippen molar-refractivity contribution in [1.82, 2.24) is 0 Å². The lowest BCUT2D eigenvalue weighted by Gasteiger charge is -2.10. The lowest BCUT2D eigenvalue weighted by Crippen LogP contribution is -2.18. The van der Waals surface area contributed by atoms with Gasteiger partial charge in [0.1, 0.15) is 5.75 Å². The molecule has 0 fully saturated rings. The van der Waals surface area contributed by atoms with E-state index in [9.17, 15) is 4.79 Å². The molecule has 0 saturated heterocycles. The van der Waals surface area contributed by atoms with Crippen LogP contribution in [-0.4, -0.2) is 24.8 Å². The van der Waals surface area contributed by atoms with Crippen LogP contribution in [0.5, 0.6) is 5.75 Å². The molecule has 0 aliphatic heterocycles. The fourth-order valence-electron chi connectivity index (χ4n) is 1.96. The van der Waals surface area contributed by atoms with Crippen molar-refractivity contribution in [3.8, 4) is 5.75 Å². The molecule has 5 heteroatoms. The van der Waals surface area contributed by atoms with Crippen LogP contribution in [0.1, 0.15) is 19.4 Å². The number of rotatable bonds is 7. The third kappa shape index (κ3) is 5.14. The Kier molecular flexibility index (Phi) is 6.17. The van der Waals surface area contributed by atoms with Crippen molar-refractivity contribution in [1.29, 1.82) is 0 Å². The Labute approximate surface area is 135 Å². The zero-order valence-electron chi connectivity index (χ0n) is 13.3. The Balaban J connectivity index is 1.88. The summed E-state index contributed by atoms with van der Waals surface area (Å²) in [6.45, 7) is 4.09. The first-order chi connectivity index (χ1) is 11.2. The van der Waals surface area contributed by atoms with E-state index in [-0.39, 0.29) is 12.5 Å². The molecule has 5 nitrogen and oxygen atoms in total. The highest BCUT2D eigenvalue weighted by Crippen LogP contribution is 2.23. The zero-order valence-corrected chi connectivity index (χ0v) is 13.3. The van der Waals surface area contributed by atoms with Crippen LogP contribution >= 0.6 is 0 Å². The minimum absolute atomic E-state index is 0.162. The summed E-state index contributed by atoms with van der Waals surface area (Å²) in [5, 5.41) is 6.71. The van der Waals surface area contributed by atoms with Crippen LogP contribution in [0.25, 0.3) is 0 Å². The molecule has 2 aromatic rings. The highest BCUT2D eigenvalue weighted by Gasteiger charge is 2.07. The number of carbonyl (C=O) groups is 1. The highest BCUT2D eigenvalue weighted by atomic mass is 16.6. The van der Waals surface area contributed by atoms with Crippen molar-refractivity contribution in [2.24, 2.45) is 5.16 Å². The summed E-state index contributed by atoms with van der Waals surface area (Å²) in [5.41, 5.74) is 2.29. The molecule has 2 rings (SSSR count). The minimum Gasteiger partial charge on any atom is -0.492 e. The summed E-state index contributed by atoms with van der Waals surface area (Å²) < 4.78 is 5.46. The number of benzene rings is 2. The van der Waals surface area contributed by atoms with Crippen molar-refractivity contribution >= 4 is 17.3 Å². The molecule has 23 heavy (non-hydrogen) atoms. The number of hydrogen-bond acceptors (Lipinski definition) is 4. The molecule has 2 aromatic carbocycles. The van der Waals surface area contributed by atoms with Gasteiger partial charge in [0.2, 0.25) is 0 Å². The summed E-state index contributed by atoms with van der Waals surface area (Å²) >= 11 is 0. The van der Waals surface area contributed by atoms with Crippen LogP contribution in [-0.2, 0) is 9.63 Å². The Hall–Kier alpha value is -2.82. The second-order valence-electron chi connectivity index (χ2n) is 4.79. The van der Waals surface area contributed by atoms with E-state index in [0.29, 0.717) is 23.8 Å². The topological polar surface area (TPSA) is 59.9 Å². The monoisotopic (exact) mass is 312 g/mol. The van der Waals surface area contributed by atoms with Crippen molar-refractivity contribution in [3.05, 3.63) is 60.2 Å². The highest BCUT2D eigenvalue weighted by molar-refractivity contribution is 5.98. The molecule has 0 heterocycles. The quantitative estimate of drug-likeness (QED) is 0.629. The number of hydrogen-bond donors (Lipinski definition) is 1. The lowest BCUT2D eigenvalue weighted by molar-refractivity contribution is -0.120. The maximum atomic E-state index is 11.9. The molecule has 0 spiro atoms. The summed E-state index contributed by atoms with van der Waals surface area (Å²) in [7, 11) is 0. The van der Waals surface area contributed by atoms with Gasteiger partial charge >= 0.3 is 0 Å². The molecule has 0 radical (unpaired) electrons. The van der Waals surface area contributed by atoms with Gasteiger partial charge in [-0.15, -0.1) is 0 Å². The van der Waals surface area contributed by atoms with E-state index in [0.717, 1.165) is 5.56 Å². The van der Waals surface area contributed by atoms with Gasteiger partial charge in [-0.3, -0.25) is 4.79 Å². The third-order valence-electron chi connectivity index (χ3n) is 3.05. The predicted molar refractivity (Wildman–Crippen MR) is 90.8 cm³/mol. The molecular formula is C18H20N2O3. The number of nitrogens with one attached hydrogen (secondary N) is 1. The first-order valence-electron chi connectivity index (χ1n) is 7.44. The van der Waals surface area contributed by atoms with E-state index in [2.05, 4.69) is 10.5 Å². The Morgan fingerprint density at radius 1 is 1.09 bits per heavy atom. The molecular weight excluding hydrogens is 292 g/mol. The van der Waals surface area contributed by atoms with Gasteiger partial charge in [-0.2, -0.15) is 0 Å². The number of oxime groups is 1. The first kappa shape index (κ1) is 16.5. The summed E-state index contributed by atoms with van der Waals surface area (Å²) in [4.78, 5) is 17.0. The second kappa shape index (κ2) is 8.58. The summed E-state index contributed by atoms with van der Waals surface area (Å²) in [6.07, 6.45) is 0. The third-order valence-corrected chi connectivity index (χ3v) is 3.05. The van der Waals surface area contributed by atoms with Gasteiger partial charge < -0.3 is 14.9 Å². The van der Waals surface area contributed by atoms with E-state index < -0.39 is 0 Å². The number of ether oxygens (including phenoxy) is 1. The predicted octanol–water partition coefficient (Wildman–Crippen LogP) is 3.46. The smallest absolute Gasteiger partial charge is 0.265 e. The maximum Gasteiger partial charge on any atom is 0.265 e. The van der Waals surface area contributed by atoms with Crippen molar-refractivity contribution in [2.75, 3.05) is 18.5 Å². The van der Waals surface area contributed by atoms with Crippen LogP contribution in [0.2, 0.25) is 0 Å². The average Bonchev–Trinajstić information content (AvgIpc) is 2.57. The first-order valence-corrected chi connectivity index (χ1v) is 7.44. The molecule has 1 N–H and O–H groups in total. The fraction of sp³-hybridized carbons (Fsp3) is 0.222. The number of carbonyl (C=O) groups excluding carboxylic acids is 1. The molecule has 0 aromatic heterocycles. The molecule has 0 aliphatic carbocycles. The number of para-hydroxylation sites is 2. The van der Waals surface area contributed by atoms with Gasteiger partial charge in [-0.25, -0.2) is 0 Å². The summed E-state index contributed by atoms with van der Waals surface area (Å²) in [6, 6.07) is 16.9. The standard InChI is InChI=1S/C18H20N2O3/c1-3-22-17-12-8-7-11-16(17)19-18(21)13-23-20-14(2)15-9-5-4-6-10-15/h4-12H,3,13H2,1-2H3,(H,19,21). The van der Waals surface area contributed by atoms with Gasteiger partial charge in [0.15, 0.2) is 6.61 Å². The summed E-state index contributed by atoms with van der Waals surface area (Å²) in [5.74, 6) is 0.342. The number of amides is 1. The van der Waals surface area contributed by atoms with Gasteiger partial charge in [-0.05, 0) is 31.5 Å². The molecule has 0 unspecified atom stereocenters.